The Morgan fingerprint density at radius 2 is 1.09 bits per heavy atom. The zero-order valence-corrected chi connectivity index (χ0v) is 32.8. The van der Waals surface area contributed by atoms with Gasteiger partial charge in [0.1, 0.15) is 12.4 Å². The Morgan fingerprint density at radius 1 is 0.660 bits per heavy atom. The molecule has 0 fully saturated rings. The van der Waals surface area contributed by atoms with Crippen molar-refractivity contribution in [3.63, 3.8) is 0 Å². The zero-order chi connectivity index (χ0) is 34.6. The van der Waals surface area contributed by atoms with E-state index in [2.05, 4.69) is 40.7 Å². The predicted octanol–water partition coefficient (Wildman–Crippen LogP) is 10.3. The average molecular weight is 685 g/mol. The van der Waals surface area contributed by atoms with Crippen LogP contribution in [0.4, 0.5) is 0 Å². The third kappa shape index (κ3) is 33.3. The fourth-order valence-electron chi connectivity index (χ4n) is 6.20. The van der Waals surface area contributed by atoms with Crippen molar-refractivity contribution in [1.82, 2.24) is 15.5 Å². The first-order valence-corrected chi connectivity index (χ1v) is 21.7. The molecule has 0 saturated heterocycles. The van der Waals surface area contributed by atoms with E-state index >= 15 is 0 Å². The standard InChI is InChI=1S/C39H80N4O3S/c1-6-9-12-15-19-24-30-37(31-25-20-16-13-10-7-2)46-38(44)32-26-21-18-23-28-35-43(34-27-22-17-14-11-8-3)36-29-33-41-39(40-4)42-47(5)45/h37H,6-36H2,1-5H3,(H2,40,41,42). The van der Waals surface area contributed by atoms with Crippen molar-refractivity contribution >= 4 is 23.3 Å². The minimum absolute atomic E-state index is 0.0299. The lowest BCUT2D eigenvalue weighted by atomic mass is 10.0. The van der Waals surface area contributed by atoms with Gasteiger partial charge in [-0.25, -0.2) is 0 Å². The van der Waals surface area contributed by atoms with Gasteiger partial charge in [-0.15, -0.1) is 0 Å². The number of rotatable bonds is 35. The van der Waals surface area contributed by atoms with Crippen LogP contribution < -0.4 is 10.6 Å². The van der Waals surface area contributed by atoms with E-state index in [0.717, 1.165) is 51.7 Å². The molecule has 0 aromatic rings. The molecule has 47 heavy (non-hydrogen) atoms. The van der Waals surface area contributed by atoms with Gasteiger partial charge in [-0.3, -0.25) is 4.79 Å². The van der Waals surface area contributed by atoms with E-state index in [1.165, 1.54) is 141 Å². The lowest BCUT2D eigenvalue weighted by Crippen LogP contribution is -2.37. The summed E-state index contributed by atoms with van der Waals surface area (Å²) in [4.78, 5) is 15.4. The molecule has 0 aliphatic carbocycles. The first-order valence-electron chi connectivity index (χ1n) is 20.2. The molecule has 2 N–H and O–H groups in total. The summed E-state index contributed by atoms with van der Waals surface area (Å²) in [5.41, 5.74) is 0. The van der Waals surface area contributed by atoms with E-state index < -0.39 is 11.4 Å². The molecule has 1 atom stereocenters. The summed E-state index contributed by atoms with van der Waals surface area (Å²) >= 11 is -1.21. The Bertz CT molecular complexity index is 679. The molecular weight excluding hydrogens is 605 g/mol. The molecule has 0 spiro atoms. The fraction of sp³-hybridized carbons (Fsp3) is 0.949. The van der Waals surface area contributed by atoms with E-state index in [1.54, 1.807) is 13.3 Å². The smallest absolute Gasteiger partial charge is 0.306 e. The van der Waals surface area contributed by atoms with Gasteiger partial charge in [0, 0.05) is 20.0 Å². The number of esters is 1. The highest BCUT2D eigenvalue weighted by atomic mass is 32.2. The summed E-state index contributed by atoms with van der Waals surface area (Å²) in [5, 5.41) is 6.27. The molecule has 0 bridgehead atoms. The van der Waals surface area contributed by atoms with Crippen molar-refractivity contribution in [2.75, 3.05) is 39.5 Å². The maximum absolute atomic E-state index is 12.7. The van der Waals surface area contributed by atoms with Gasteiger partial charge in [0.2, 0.25) is 5.96 Å². The molecule has 280 valence electrons. The van der Waals surface area contributed by atoms with Crippen LogP contribution in [-0.4, -0.2) is 67.0 Å². The number of nitrogens with one attached hydrogen (secondary N) is 2. The van der Waals surface area contributed by atoms with Gasteiger partial charge in [-0.2, -0.15) is 0 Å². The molecule has 8 heteroatoms. The number of nitrogens with zero attached hydrogens (tertiary/aromatic N) is 2. The second kappa shape index (κ2) is 36.3. The van der Waals surface area contributed by atoms with Gasteiger partial charge in [0.05, 0.1) is 11.4 Å². The molecule has 0 aliphatic heterocycles. The summed E-state index contributed by atoms with van der Waals surface area (Å²) in [7, 11) is 1.80. The minimum Gasteiger partial charge on any atom is -0.591 e. The molecule has 1 unspecified atom stereocenters. The number of guanidine groups is 1. The molecule has 0 aromatic carbocycles. The highest BCUT2D eigenvalue weighted by Crippen LogP contribution is 2.18. The van der Waals surface area contributed by atoms with E-state index in [9.17, 15) is 9.35 Å². The Morgan fingerprint density at radius 3 is 1.55 bits per heavy atom. The van der Waals surface area contributed by atoms with Gasteiger partial charge >= 0.3 is 5.97 Å². The van der Waals surface area contributed by atoms with Crippen molar-refractivity contribution in [3.05, 3.63) is 0 Å². The summed E-state index contributed by atoms with van der Waals surface area (Å²) in [6, 6.07) is 0. The van der Waals surface area contributed by atoms with E-state index in [1.807, 2.05) is 0 Å². The molecule has 0 radical (unpaired) electrons. The van der Waals surface area contributed by atoms with E-state index in [4.69, 9.17) is 4.74 Å². The second-order valence-electron chi connectivity index (χ2n) is 13.7. The summed E-state index contributed by atoms with van der Waals surface area (Å²) in [6.07, 6.45) is 34.5. The first-order chi connectivity index (χ1) is 23.0. The van der Waals surface area contributed by atoms with E-state index in [-0.39, 0.29) is 12.1 Å². The van der Waals surface area contributed by atoms with E-state index in [0.29, 0.717) is 12.4 Å². The third-order valence-corrected chi connectivity index (χ3v) is 9.58. The van der Waals surface area contributed by atoms with Crippen LogP contribution in [0.2, 0.25) is 0 Å². The van der Waals surface area contributed by atoms with Crippen molar-refractivity contribution in [3.8, 4) is 0 Å². The SMILES string of the molecule is CCCCCCCCC(CCCCCCCC)OC(=O)CCCCCCCN(CCCCCCCC)CCCN/C(=N/[S+](C)[O-])NC. The van der Waals surface area contributed by atoms with Gasteiger partial charge in [-0.05, 0) is 75.4 Å². The minimum atomic E-state index is -1.21. The molecule has 0 aliphatic rings. The third-order valence-electron chi connectivity index (χ3n) is 9.14. The van der Waals surface area contributed by atoms with Crippen molar-refractivity contribution < 1.29 is 14.1 Å². The van der Waals surface area contributed by atoms with Crippen LogP contribution >= 0.6 is 0 Å². The first kappa shape index (κ1) is 46.0. The number of unbranched alkanes of at least 4 members (excludes halogenated alkanes) is 19. The van der Waals surface area contributed by atoms with Gasteiger partial charge < -0.3 is 24.8 Å². The lowest BCUT2D eigenvalue weighted by Gasteiger charge is -2.22. The number of hydrogen-bond donors (Lipinski definition) is 2. The molecule has 0 aromatic heterocycles. The van der Waals surface area contributed by atoms with Crippen LogP contribution in [0.1, 0.15) is 194 Å². The maximum Gasteiger partial charge on any atom is 0.306 e. The van der Waals surface area contributed by atoms with Crippen LogP contribution in [-0.2, 0) is 20.9 Å². The summed E-state index contributed by atoms with van der Waals surface area (Å²) < 4.78 is 21.5. The van der Waals surface area contributed by atoms with Crippen LogP contribution in [0.15, 0.2) is 4.40 Å². The van der Waals surface area contributed by atoms with Crippen LogP contribution in [0, 0.1) is 0 Å². The van der Waals surface area contributed by atoms with Gasteiger partial charge in [0.25, 0.3) is 0 Å². The van der Waals surface area contributed by atoms with Gasteiger partial charge in [-0.1, -0.05) is 136 Å². The Labute approximate surface area is 296 Å². The maximum atomic E-state index is 12.7. The highest BCUT2D eigenvalue weighted by molar-refractivity contribution is 7.89. The van der Waals surface area contributed by atoms with Crippen molar-refractivity contribution in [2.45, 2.75) is 200 Å². The largest absolute Gasteiger partial charge is 0.591 e. The van der Waals surface area contributed by atoms with Crippen LogP contribution in [0.25, 0.3) is 0 Å². The molecule has 0 saturated carbocycles. The molecule has 0 rings (SSSR count). The molecule has 0 heterocycles. The number of ether oxygens (including phenoxy) is 1. The van der Waals surface area contributed by atoms with Crippen LogP contribution in [0.5, 0.6) is 0 Å². The van der Waals surface area contributed by atoms with Gasteiger partial charge in [0.15, 0.2) is 0 Å². The second-order valence-corrected chi connectivity index (χ2v) is 14.8. The summed E-state index contributed by atoms with van der Waals surface area (Å²) in [5.74, 6) is 0.630. The van der Waals surface area contributed by atoms with Crippen LogP contribution in [0.3, 0.4) is 0 Å². The normalized spacial score (nSPS) is 12.6. The lowest BCUT2D eigenvalue weighted by molar-refractivity contribution is -0.150. The average Bonchev–Trinajstić information content (AvgIpc) is 3.05. The number of hydrogen-bond acceptors (Lipinski definition) is 5. The van der Waals surface area contributed by atoms with Crippen molar-refractivity contribution in [1.29, 1.82) is 0 Å². The Balaban J connectivity index is 4.40. The summed E-state index contributed by atoms with van der Waals surface area (Å²) in [6.45, 7) is 11.0. The highest BCUT2D eigenvalue weighted by Gasteiger charge is 2.14. The quantitative estimate of drug-likeness (QED) is 0.0227. The zero-order valence-electron chi connectivity index (χ0n) is 32.0. The van der Waals surface area contributed by atoms with Crippen molar-refractivity contribution in [2.24, 2.45) is 4.40 Å². The molecular formula is C39H80N4O3S. The Hall–Kier alpha value is -0.990. The topological polar surface area (TPSA) is 89.0 Å². The molecule has 0 amide bonds. The number of carbonyl (C=O) groups is 1. The monoisotopic (exact) mass is 685 g/mol. The Kier molecular flexibility index (Phi) is 35.5. The molecule has 7 nitrogen and oxygen atoms in total. The fourth-order valence-corrected chi connectivity index (χ4v) is 6.62. The number of carbonyl (C=O) groups excluding carboxylic acids is 1. The predicted molar refractivity (Wildman–Crippen MR) is 207 cm³/mol.